The summed E-state index contributed by atoms with van der Waals surface area (Å²) in [4.78, 5) is 2.32. The number of aliphatic hydroxyl groups is 1. The lowest BCUT2D eigenvalue weighted by Gasteiger charge is -2.57. The number of hydrogen-bond donors (Lipinski definition) is 1. The van der Waals surface area contributed by atoms with Gasteiger partial charge < -0.3 is 5.11 Å². The van der Waals surface area contributed by atoms with Crippen molar-refractivity contribution in [1.82, 2.24) is 9.21 Å². The Kier molecular flexibility index (Phi) is 6.30. The van der Waals surface area contributed by atoms with Crippen molar-refractivity contribution in [2.24, 2.45) is 0 Å². The van der Waals surface area contributed by atoms with E-state index >= 15 is 0 Å². The quantitative estimate of drug-likeness (QED) is 0.794. The van der Waals surface area contributed by atoms with E-state index in [1.54, 1.807) is 11.2 Å². The van der Waals surface area contributed by atoms with Crippen molar-refractivity contribution in [3.05, 3.63) is 59.7 Å². The average molecular weight is 429 g/mol. The van der Waals surface area contributed by atoms with Crippen LogP contribution in [-0.4, -0.2) is 66.8 Å². The molecule has 2 aromatic rings. The normalized spacial score (nSPS) is 25.8. The topological polar surface area (TPSA) is 60.9 Å². The van der Waals surface area contributed by atoms with E-state index in [0.717, 1.165) is 19.4 Å². The fraction of sp³-hybridized carbons (Fsp3) is 0.500. The van der Waals surface area contributed by atoms with Crippen LogP contribution in [0.15, 0.2) is 48.5 Å². The first-order valence-electron chi connectivity index (χ1n) is 11.0. The van der Waals surface area contributed by atoms with Crippen molar-refractivity contribution in [1.29, 1.82) is 0 Å². The predicted molar refractivity (Wildman–Crippen MR) is 121 cm³/mol. The highest BCUT2D eigenvalue weighted by molar-refractivity contribution is 7.89. The molecule has 0 radical (unpaired) electrons. The van der Waals surface area contributed by atoms with Crippen LogP contribution < -0.4 is 0 Å². The standard InChI is InChI=1S/C24H32N2O3S/c1-3-30(28,29)25-14-6-7-15-26-22(16-25)24(23(26)17-27)20-12-10-19(11-13-20)21-9-5-4-8-18(21)2/h4-5,8-13,22-24,27H,3,6-7,14-17H2,1-2H3/t22-,23-,24+/m1/s1. The third kappa shape index (κ3) is 3.94. The van der Waals surface area contributed by atoms with Crippen LogP contribution in [0.25, 0.3) is 11.1 Å². The molecular weight excluding hydrogens is 396 g/mol. The first-order chi connectivity index (χ1) is 14.5. The van der Waals surface area contributed by atoms with Gasteiger partial charge >= 0.3 is 0 Å². The minimum atomic E-state index is -3.22. The molecule has 162 valence electrons. The number of aliphatic hydroxyl groups excluding tert-OH is 1. The van der Waals surface area contributed by atoms with Crippen LogP contribution >= 0.6 is 0 Å². The number of nitrogens with zero attached hydrogens (tertiary/aromatic N) is 2. The van der Waals surface area contributed by atoms with Gasteiger partial charge in [0.1, 0.15) is 0 Å². The van der Waals surface area contributed by atoms with Gasteiger partial charge in [-0.2, -0.15) is 0 Å². The molecule has 30 heavy (non-hydrogen) atoms. The maximum absolute atomic E-state index is 12.6. The minimum Gasteiger partial charge on any atom is -0.395 e. The smallest absolute Gasteiger partial charge is 0.213 e. The molecule has 0 unspecified atom stereocenters. The maximum Gasteiger partial charge on any atom is 0.213 e. The summed E-state index contributed by atoms with van der Waals surface area (Å²) in [5.41, 5.74) is 4.83. The molecular formula is C24H32N2O3S. The monoisotopic (exact) mass is 428 g/mol. The van der Waals surface area contributed by atoms with Crippen LogP contribution in [0.3, 0.4) is 0 Å². The van der Waals surface area contributed by atoms with Gasteiger partial charge in [0.05, 0.1) is 12.4 Å². The summed E-state index contributed by atoms with van der Waals surface area (Å²) < 4.78 is 26.8. The minimum absolute atomic E-state index is 0.0589. The van der Waals surface area contributed by atoms with E-state index in [4.69, 9.17) is 0 Å². The molecule has 2 fully saturated rings. The van der Waals surface area contributed by atoms with E-state index in [-0.39, 0.29) is 30.4 Å². The highest BCUT2D eigenvalue weighted by Gasteiger charge is 2.49. The Labute approximate surface area is 180 Å². The molecule has 0 saturated carbocycles. The molecule has 0 aromatic heterocycles. The predicted octanol–water partition coefficient (Wildman–Crippen LogP) is 3.24. The van der Waals surface area contributed by atoms with Crippen LogP contribution in [0.1, 0.15) is 36.8 Å². The molecule has 2 heterocycles. The van der Waals surface area contributed by atoms with Crippen molar-refractivity contribution in [2.75, 3.05) is 32.0 Å². The molecule has 3 atom stereocenters. The van der Waals surface area contributed by atoms with Gasteiger partial charge in [-0.25, -0.2) is 12.7 Å². The van der Waals surface area contributed by atoms with Crippen molar-refractivity contribution < 1.29 is 13.5 Å². The number of aryl methyl sites for hydroxylation is 1. The number of fused-ring (bicyclic) bond motifs is 1. The Hall–Kier alpha value is -1.73. The van der Waals surface area contributed by atoms with Crippen LogP contribution in [0.5, 0.6) is 0 Å². The molecule has 0 spiro atoms. The molecule has 5 nitrogen and oxygen atoms in total. The number of benzene rings is 2. The van der Waals surface area contributed by atoms with Crippen molar-refractivity contribution >= 4 is 10.0 Å². The van der Waals surface area contributed by atoms with Gasteiger partial charge in [-0.05, 0) is 55.5 Å². The van der Waals surface area contributed by atoms with E-state index in [0.29, 0.717) is 13.1 Å². The van der Waals surface area contributed by atoms with E-state index in [9.17, 15) is 13.5 Å². The van der Waals surface area contributed by atoms with Crippen molar-refractivity contribution in [3.8, 4) is 11.1 Å². The Bertz CT molecular complexity index is 974. The zero-order valence-corrected chi connectivity index (χ0v) is 18.7. The molecule has 0 amide bonds. The average Bonchev–Trinajstić information content (AvgIpc) is 2.73. The van der Waals surface area contributed by atoms with Gasteiger partial charge in [0, 0.05) is 31.1 Å². The Morgan fingerprint density at radius 2 is 1.73 bits per heavy atom. The second-order valence-corrected chi connectivity index (χ2v) is 10.7. The Balaban J connectivity index is 1.61. The molecule has 1 N–H and O–H groups in total. The molecule has 2 aromatic carbocycles. The molecule has 0 bridgehead atoms. The molecule has 2 aliphatic rings. The fourth-order valence-electron chi connectivity index (χ4n) is 5.13. The zero-order chi connectivity index (χ0) is 21.3. The molecule has 2 aliphatic heterocycles. The van der Waals surface area contributed by atoms with Gasteiger partial charge in [-0.15, -0.1) is 0 Å². The highest BCUT2D eigenvalue weighted by atomic mass is 32.2. The summed E-state index contributed by atoms with van der Waals surface area (Å²) in [5.74, 6) is 0.285. The molecule has 4 rings (SSSR count). The van der Waals surface area contributed by atoms with E-state index in [1.165, 1.54) is 22.3 Å². The summed E-state index contributed by atoms with van der Waals surface area (Å²) in [6.45, 7) is 5.96. The lowest BCUT2D eigenvalue weighted by molar-refractivity contribution is -0.0553. The van der Waals surface area contributed by atoms with Crippen LogP contribution in [0.2, 0.25) is 0 Å². The van der Waals surface area contributed by atoms with Gasteiger partial charge in [0.25, 0.3) is 0 Å². The first-order valence-corrected chi connectivity index (χ1v) is 12.6. The summed E-state index contributed by atoms with van der Waals surface area (Å²) in [6, 6.07) is 17.1. The van der Waals surface area contributed by atoms with Crippen LogP contribution in [0.4, 0.5) is 0 Å². The van der Waals surface area contributed by atoms with Crippen molar-refractivity contribution in [3.63, 3.8) is 0 Å². The summed E-state index contributed by atoms with van der Waals surface area (Å²) in [5, 5.41) is 10.1. The second-order valence-electron chi connectivity index (χ2n) is 8.48. The number of rotatable bonds is 5. The fourth-order valence-corrected chi connectivity index (χ4v) is 6.28. The third-order valence-corrected chi connectivity index (χ3v) is 8.69. The van der Waals surface area contributed by atoms with Gasteiger partial charge in [-0.1, -0.05) is 48.5 Å². The van der Waals surface area contributed by atoms with Gasteiger partial charge in [0.2, 0.25) is 10.0 Å². The zero-order valence-electron chi connectivity index (χ0n) is 17.9. The van der Waals surface area contributed by atoms with Gasteiger partial charge in [-0.3, -0.25) is 4.90 Å². The lowest BCUT2D eigenvalue weighted by Crippen LogP contribution is -2.67. The second kappa shape index (κ2) is 8.79. The largest absolute Gasteiger partial charge is 0.395 e. The Morgan fingerprint density at radius 1 is 1.03 bits per heavy atom. The number of hydrogen-bond acceptors (Lipinski definition) is 4. The summed E-state index contributed by atoms with van der Waals surface area (Å²) in [7, 11) is -3.22. The van der Waals surface area contributed by atoms with Gasteiger partial charge in [0.15, 0.2) is 0 Å². The Morgan fingerprint density at radius 3 is 2.40 bits per heavy atom. The number of sulfonamides is 1. The van der Waals surface area contributed by atoms with E-state index < -0.39 is 10.0 Å². The third-order valence-electron chi connectivity index (χ3n) is 6.84. The summed E-state index contributed by atoms with van der Waals surface area (Å²) in [6.07, 6.45) is 1.83. The molecule has 2 saturated heterocycles. The van der Waals surface area contributed by atoms with E-state index in [2.05, 4.69) is 54.3 Å². The van der Waals surface area contributed by atoms with Crippen LogP contribution in [0, 0.1) is 6.92 Å². The highest BCUT2D eigenvalue weighted by Crippen LogP contribution is 2.42. The summed E-state index contributed by atoms with van der Waals surface area (Å²) >= 11 is 0. The van der Waals surface area contributed by atoms with Crippen molar-refractivity contribution in [2.45, 2.75) is 44.7 Å². The van der Waals surface area contributed by atoms with E-state index in [1.807, 2.05) is 6.07 Å². The lowest BCUT2D eigenvalue weighted by atomic mass is 9.74. The molecule has 6 heteroatoms. The SMILES string of the molecule is CCS(=O)(=O)N1CCCCN2[C@H](CO)[C@@H](c3ccc(-c4ccccc4C)cc3)[C@H]2C1. The first kappa shape index (κ1) is 21.5. The molecule has 0 aliphatic carbocycles. The van der Waals surface area contributed by atoms with Crippen LogP contribution in [-0.2, 0) is 10.0 Å². The maximum atomic E-state index is 12.6.